The number of hydrogen-bond donors (Lipinski definition) is 0. The highest BCUT2D eigenvalue weighted by atomic mass is 19.2. The molecule has 0 bridgehead atoms. The summed E-state index contributed by atoms with van der Waals surface area (Å²) in [6.45, 7) is 3.75. The fourth-order valence-corrected chi connectivity index (χ4v) is 4.60. The highest BCUT2D eigenvalue weighted by Gasteiger charge is 2.23. The third kappa shape index (κ3) is 4.95. The molecule has 3 aromatic carbocycles. The van der Waals surface area contributed by atoms with Gasteiger partial charge in [-0.2, -0.15) is 0 Å². The van der Waals surface area contributed by atoms with Crippen LogP contribution < -0.4 is 0 Å². The summed E-state index contributed by atoms with van der Waals surface area (Å²) >= 11 is 0. The van der Waals surface area contributed by atoms with Gasteiger partial charge < -0.3 is 0 Å². The maximum absolute atomic E-state index is 14.7. The molecule has 0 aliphatic heterocycles. The Labute approximate surface area is 190 Å². The van der Waals surface area contributed by atoms with Gasteiger partial charge in [0.05, 0.1) is 5.56 Å². The van der Waals surface area contributed by atoms with Crippen LogP contribution in [0.2, 0.25) is 0 Å². The van der Waals surface area contributed by atoms with Gasteiger partial charge in [0.25, 0.3) is 0 Å². The Morgan fingerprint density at radius 2 is 1.52 bits per heavy atom. The Hall–Kier alpha value is -3.13. The molecule has 3 aromatic rings. The fraction of sp³-hybridized carbons (Fsp3) is 0.286. The van der Waals surface area contributed by atoms with Crippen molar-refractivity contribution in [2.24, 2.45) is 5.92 Å². The first-order valence-corrected chi connectivity index (χ1v) is 11.1. The van der Waals surface area contributed by atoms with Crippen LogP contribution in [0.3, 0.4) is 0 Å². The molecule has 0 spiro atoms. The Kier molecular flexibility index (Phi) is 6.83. The van der Waals surface area contributed by atoms with Crippen LogP contribution in [0.25, 0.3) is 10.8 Å². The summed E-state index contributed by atoms with van der Waals surface area (Å²) in [5, 5.41) is 0.0126. The minimum atomic E-state index is -1.55. The first kappa shape index (κ1) is 23.0. The maximum Gasteiger partial charge on any atom is 0.195 e. The van der Waals surface area contributed by atoms with E-state index in [4.69, 9.17) is 0 Å². The summed E-state index contributed by atoms with van der Waals surface area (Å²) in [6, 6.07) is 7.58. The lowest BCUT2D eigenvalue weighted by atomic mass is 9.77. The van der Waals surface area contributed by atoms with Crippen LogP contribution in [-0.2, 0) is 0 Å². The van der Waals surface area contributed by atoms with E-state index in [2.05, 4.69) is 18.4 Å². The molecule has 0 amide bonds. The van der Waals surface area contributed by atoms with Crippen molar-refractivity contribution >= 4 is 10.8 Å². The molecule has 1 fully saturated rings. The van der Waals surface area contributed by atoms with Crippen LogP contribution in [0.4, 0.5) is 22.0 Å². The lowest BCUT2D eigenvalue weighted by Crippen LogP contribution is -2.14. The Bertz CT molecular complexity index is 1230. The SMILES string of the molecule is C=CCCC1CCC(c2cc(F)c(C#Cc3ccc4c(F)c(F)c(F)cc4c3)c(F)c2)CC1. The van der Waals surface area contributed by atoms with E-state index in [-0.39, 0.29) is 22.3 Å². The van der Waals surface area contributed by atoms with Crippen molar-refractivity contribution in [3.63, 3.8) is 0 Å². The fourth-order valence-electron chi connectivity index (χ4n) is 4.60. The molecular formula is C28H23F5. The summed E-state index contributed by atoms with van der Waals surface area (Å²) in [7, 11) is 0. The van der Waals surface area contributed by atoms with Crippen molar-refractivity contribution in [3.8, 4) is 11.8 Å². The molecule has 4 rings (SSSR count). The summed E-state index contributed by atoms with van der Waals surface area (Å²) in [5.74, 6) is 0.289. The Morgan fingerprint density at radius 3 is 2.18 bits per heavy atom. The summed E-state index contributed by atoms with van der Waals surface area (Å²) in [6.07, 6.45) is 7.89. The van der Waals surface area contributed by atoms with Gasteiger partial charge in [-0.3, -0.25) is 0 Å². The number of benzene rings is 3. The zero-order valence-electron chi connectivity index (χ0n) is 18.0. The molecule has 0 nitrogen and oxygen atoms in total. The van der Waals surface area contributed by atoms with Gasteiger partial charge >= 0.3 is 0 Å². The third-order valence-electron chi connectivity index (χ3n) is 6.47. The van der Waals surface area contributed by atoms with Gasteiger partial charge in [-0.25, -0.2) is 22.0 Å². The molecule has 0 unspecified atom stereocenters. The van der Waals surface area contributed by atoms with E-state index in [0.29, 0.717) is 17.0 Å². The third-order valence-corrected chi connectivity index (χ3v) is 6.47. The molecular weight excluding hydrogens is 431 g/mol. The van der Waals surface area contributed by atoms with E-state index in [1.54, 1.807) is 0 Å². The monoisotopic (exact) mass is 454 g/mol. The number of fused-ring (bicyclic) bond motifs is 1. The van der Waals surface area contributed by atoms with Crippen LogP contribution >= 0.6 is 0 Å². The zero-order chi connectivity index (χ0) is 23.5. The minimum Gasteiger partial charge on any atom is -0.206 e. The number of rotatable bonds is 4. The van der Waals surface area contributed by atoms with E-state index in [1.807, 2.05) is 6.08 Å². The van der Waals surface area contributed by atoms with E-state index >= 15 is 0 Å². The predicted molar refractivity (Wildman–Crippen MR) is 120 cm³/mol. The standard InChI is InChI=1S/C28H23F5/c1-2-3-4-17-5-9-19(10-6-17)20-14-24(29)23(25(30)15-20)12-8-18-7-11-22-21(13-18)16-26(31)28(33)27(22)32/h2,7,11,13-17,19H,1,3-6,9-10H2. The molecule has 5 heteroatoms. The molecule has 0 saturated heterocycles. The predicted octanol–water partition coefficient (Wildman–Crippen LogP) is 8.18. The average Bonchev–Trinajstić information content (AvgIpc) is 2.81. The molecule has 1 aliphatic rings. The van der Waals surface area contributed by atoms with Crippen molar-refractivity contribution in [2.75, 3.05) is 0 Å². The molecule has 0 aromatic heterocycles. The minimum absolute atomic E-state index is 0.0969. The zero-order valence-corrected chi connectivity index (χ0v) is 18.0. The molecule has 33 heavy (non-hydrogen) atoms. The molecule has 0 N–H and O–H groups in total. The van der Waals surface area contributed by atoms with E-state index in [9.17, 15) is 22.0 Å². The average molecular weight is 454 g/mol. The van der Waals surface area contributed by atoms with Crippen LogP contribution in [0.15, 0.2) is 49.1 Å². The topological polar surface area (TPSA) is 0 Å². The van der Waals surface area contributed by atoms with Crippen LogP contribution in [-0.4, -0.2) is 0 Å². The first-order chi connectivity index (χ1) is 15.9. The second-order valence-electron chi connectivity index (χ2n) is 8.62. The van der Waals surface area contributed by atoms with Gasteiger partial charge in [-0.15, -0.1) is 6.58 Å². The molecule has 1 aliphatic carbocycles. The van der Waals surface area contributed by atoms with Crippen molar-refractivity contribution < 1.29 is 22.0 Å². The second kappa shape index (κ2) is 9.79. The highest BCUT2D eigenvalue weighted by Crippen LogP contribution is 2.38. The normalized spacial score (nSPS) is 18.1. The number of halogens is 5. The van der Waals surface area contributed by atoms with Crippen LogP contribution in [0.1, 0.15) is 61.1 Å². The van der Waals surface area contributed by atoms with Crippen molar-refractivity contribution in [1.82, 2.24) is 0 Å². The van der Waals surface area contributed by atoms with Crippen molar-refractivity contribution in [2.45, 2.75) is 44.4 Å². The van der Waals surface area contributed by atoms with E-state index < -0.39 is 29.1 Å². The maximum atomic E-state index is 14.7. The van der Waals surface area contributed by atoms with Crippen molar-refractivity contribution in [1.29, 1.82) is 0 Å². The smallest absolute Gasteiger partial charge is 0.195 e. The van der Waals surface area contributed by atoms with E-state index in [0.717, 1.165) is 44.6 Å². The summed E-state index contributed by atoms with van der Waals surface area (Å²) < 4.78 is 70.2. The molecule has 0 atom stereocenters. The second-order valence-corrected chi connectivity index (χ2v) is 8.62. The van der Waals surface area contributed by atoms with Crippen molar-refractivity contribution in [3.05, 3.63) is 94.8 Å². The lowest BCUT2D eigenvalue weighted by molar-refractivity contribution is 0.311. The Morgan fingerprint density at radius 1 is 0.818 bits per heavy atom. The summed E-state index contributed by atoms with van der Waals surface area (Å²) in [5.41, 5.74) is 0.597. The lowest BCUT2D eigenvalue weighted by Gasteiger charge is -2.28. The van der Waals surface area contributed by atoms with Gasteiger partial charge in [0.1, 0.15) is 11.6 Å². The number of hydrogen-bond acceptors (Lipinski definition) is 0. The number of allylic oxidation sites excluding steroid dienone is 1. The Balaban J connectivity index is 1.55. The first-order valence-electron chi connectivity index (χ1n) is 11.1. The molecule has 0 radical (unpaired) electrons. The van der Waals surface area contributed by atoms with Gasteiger partial charge in [0.15, 0.2) is 17.5 Å². The van der Waals surface area contributed by atoms with Gasteiger partial charge in [-0.05, 0) is 91.6 Å². The largest absolute Gasteiger partial charge is 0.206 e. The van der Waals surface area contributed by atoms with E-state index in [1.165, 1.54) is 30.3 Å². The molecule has 0 heterocycles. The van der Waals surface area contributed by atoms with Gasteiger partial charge in [-0.1, -0.05) is 24.0 Å². The highest BCUT2D eigenvalue weighted by molar-refractivity contribution is 5.84. The van der Waals surface area contributed by atoms with Crippen LogP contribution in [0, 0.1) is 46.8 Å². The molecule has 170 valence electrons. The quantitative estimate of drug-likeness (QED) is 0.161. The summed E-state index contributed by atoms with van der Waals surface area (Å²) in [4.78, 5) is 0. The van der Waals surface area contributed by atoms with Crippen LogP contribution in [0.5, 0.6) is 0 Å². The van der Waals surface area contributed by atoms with Gasteiger partial charge in [0, 0.05) is 10.9 Å². The van der Waals surface area contributed by atoms with Gasteiger partial charge in [0.2, 0.25) is 0 Å². The molecule has 1 saturated carbocycles.